The second kappa shape index (κ2) is 4.79. The number of hydrogen-bond donors (Lipinski definition) is 3. The normalized spacial score (nSPS) is 13.5. The molecular formula is C13H13BrN4O. The zero-order valence-electron chi connectivity index (χ0n) is 10.4. The van der Waals surface area contributed by atoms with Crippen LogP contribution in [0, 0.1) is 0 Å². The summed E-state index contributed by atoms with van der Waals surface area (Å²) in [4.78, 5) is 19.1. The number of carbonyl (C=O) groups is 1. The number of hydrogen-bond acceptors (Lipinski definition) is 3. The molecule has 0 saturated carbocycles. The van der Waals surface area contributed by atoms with E-state index < -0.39 is 0 Å². The van der Waals surface area contributed by atoms with Crippen LogP contribution in [0.3, 0.4) is 0 Å². The lowest BCUT2D eigenvalue weighted by Gasteiger charge is -2.02. The summed E-state index contributed by atoms with van der Waals surface area (Å²) in [6.07, 6.45) is 0.439. The Morgan fingerprint density at radius 2 is 2.32 bits per heavy atom. The Bertz CT molecular complexity index is 650. The lowest BCUT2D eigenvalue weighted by Crippen LogP contribution is -2.06. The first-order valence-electron chi connectivity index (χ1n) is 5.99. The first kappa shape index (κ1) is 12.4. The fourth-order valence-corrected chi connectivity index (χ4v) is 2.76. The molecule has 1 aliphatic heterocycles. The highest BCUT2D eigenvalue weighted by Gasteiger charge is 2.19. The second-order valence-corrected chi connectivity index (χ2v) is 5.27. The third-order valence-corrected chi connectivity index (χ3v) is 3.63. The third-order valence-electron chi connectivity index (χ3n) is 3.06. The number of nitrogens with one attached hydrogen (secondary N) is 3. The number of nitrogens with zero attached hydrogens (tertiary/aromatic N) is 1. The number of aromatic nitrogens is 2. The minimum absolute atomic E-state index is 0.0455. The first-order chi connectivity index (χ1) is 9.17. The van der Waals surface area contributed by atoms with Crippen LogP contribution < -0.4 is 10.6 Å². The van der Waals surface area contributed by atoms with Crippen molar-refractivity contribution < 1.29 is 4.79 Å². The number of anilines is 1. The predicted octanol–water partition coefficient (Wildman–Crippen LogP) is 2.05. The van der Waals surface area contributed by atoms with Gasteiger partial charge in [0.05, 0.1) is 13.0 Å². The summed E-state index contributed by atoms with van der Waals surface area (Å²) in [6.45, 7) is 0.684. The molecule has 1 aromatic carbocycles. The van der Waals surface area contributed by atoms with Gasteiger partial charge < -0.3 is 15.6 Å². The number of imidazole rings is 1. The van der Waals surface area contributed by atoms with Crippen LogP contribution in [0.15, 0.2) is 22.8 Å². The summed E-state index contributed by atoms with van der Waals surface area (Å²) in [5, 5.41) is 5.88. The van der Waals surface area contributed by atoms with Crippen LogP contribution in [-0.4, -0.2) is 22.9 Å². The minimum Gasteiger partial charge on any atom is -0.335 e. The number of rotatable bonds is 3. The maximum absolute atomic E-state index is 11.4. The fraction of sp³-hybridized carbons (Fsp3) is 0.231. The largest absolute Gasteiger partial charge is 0.335 e. The zero-order chi connectivity index (χ0) is 13.4. The molecule has 0 atom stereocenters. The Morgan fingerprint density at radius 3 is 3.11 bits per heavy atom. The Kier molecular flexibility index (Phi) is 3.12. The second-order valence-electron chi connectivity index (χ2n) is 4.47. The summed E-state index contributed by atoms with van der Waals surface area (Å²) in [5.41, 5.74) is 3.79. The van der Waals surface area contributed by atoms with Crippen LogP contribution in [-0.2, 0) is 17.8 Å². The molecule has 6 heteroatoms. The third kappa shape index (κ3) is 2.29. The maximum Gasteiger partial charge on any atom is 0.228 e. The number of aromatic amines is 1. The fourth-order valence-electron chi connectivity index (χ4n) is 2.22. The van der Waals surface area contributed by atoms with E-state index in [2.05, 4.69) is 36.5 Å². The number of amides is 1. The molecule has 0 unspecified atom stereocenters. The van der Waals surface area contributed by atoms with Gasteiger partial charge in [0, 0.05) is 11.3 Å². The van der Waals surface area contributed by atoms with E-state index in [4.69, 9.17) is 0 Å². The molecule has 1 aliphatic rings. The summed E-state index contributed by atoms with van der Waals surface area (Å²) >= 11 is 3.49. The van der Waals surface area contributed by atoms with E-state index in [1.54, 1.807) is 0 Å². The molecule has 5 nitrogen and oxygen atoms in total. The zero-order valence-corrected chi connectivity index (χ0v) is 12.0. The maximum atomic E-state index is 11.4. The van der Waals surface area contributed by atoms with Crippen molar-refractivity contribution in [2.45, 2.75) is 13.0 Å². The van der Waals surface area contributed by atoms with Crippen molar-refractivity contribution in [3.8, 4) is 11.3 Å². The van der Waals surface area contributed by atoms with Gasteiger partial charge in [-0.3, -0.25) is 4.79 Å². The van der Waals surface area contributed by atoms with Gasteiger partial charge >= 0.3 is 0 Å². The molecule has 0 saturated heterocycles. The number of carbonyl (C=O) groups excluding carboxylic acids is 1. The van der Waals surface area contributed by atoms with E-state index in [1.807, 2.05) is 25.2 Å². The minimum atomic E-state index is 0.0455. The van der Waals surface area contributed by atoms with Crippen LogP contribution >= 0.6 is 15.9 Å². The average Bonchev–Trinajstić information content (AvgIpc) is 2.90. The molecule has 1 amide bonds. The van der Waals surface area contributed by atoms with Crippen LogP contribution in [0.1, 0.15) is 11.4 Å². The van der Waals surface area contributed by atoms with Crippen LogP contribution in [0.5, 0.6) is 0 Å². The Morgan fingerprint density at radius 1 is 1.47 bits per heavy atom. The molecule has 19 heavy (non-hydrogen) atoms. The van der Waals surface area contributed by atoms with Gasteiger partial charge in [0.1, 0.15) is 16.1 Å². The molecule has 3 rings (SSSR count). The van der Waals surface area contributed by atoms with E-state index in [9.17, 15) is 4.79 Å². The predicted molar refractivity (Wildman–Crippen MR) is 76.8 cm³/mol. The van der Waals surface area contributed by atoms with Crippen LogP contribution in [0.4, 0.5) is 5.69 Å². The molecule has 0 spiro atoms. The SMILES string of the molecule is CNCc1nc(-c2ccc3c(c2)CC(=O)N3)c(Br)[nH]1. The van der Waals surface area contributed by atoms with Crippen LogP contribution in [0.25, 0.3) is 11.3 Å². The van der Waals surface area contributed by atoms with E-state index in [1.165, 1.54) is 0 Å². The van der Waals surface area contributed by atoms with Crippen molar-refractivity contribution in [1.82, 2.24) is 15.3 Å². The van der Waals surface area contributed by atoms with E-state index >= 15 is 0 Å². The van der Waals surface area contributed by atoms with E-state index in [0.717, 1.165) is 32.9 Å². The highest BCUT2D eigenvalue weighted by molar-refractivity contribution is 9.10. The quantitative estimate of drug-likeness (QED) is 0.810. The van der Waals surface area contributed by atoms with Gasteiger partial charge in [-0.2, -0.15) is 0 Å². The van der Waals surface area contributed by atoms with Crippen molar-refractivity contribution in [1.29, 1.82) is 0 Å². The van der Waals surface area contributed by atoms with Gasteiger partial charge in [0.25, 0.3) is 0 Å². The van der Waals surface area contributed by atoms with Crippen molar-refractivity contribution in [3.05, 3.63) is 34.2 Å². The molecule has 2 heterocycles. The molecule has 1 aromatic heterocycles. The van der Waals surface area contributed by atoms with Gasteiger partial charge in [0.2, 0.25) is 5.91 Å². The lowest BCUT2D eigenvalue weighted by atomic mass is 10.1. The first-order valence-corrected chi connectivity index (χ1v) is 6.79. The Balaban J connectivity index is 1.99. The molecule has 98 valence electrons. The number of halogens is 1. The average molecular weight is 321 g/mol. The monoisotopic (exact) mass is 320 g/mol. The number of benzene rings is 1. The van der Waals surface area contributed by atoms with Crippen molar-refractivity contribution in [3.63, 3.8) is 0 Å². The standard InChI is InChI=1S/C13H13BrN4O/c1-15-6-10-17-12(13(14)18-10)7-2-3-9-8(4-7)5-11(19)16-9/h2-4,15H,5-6H2,1H3,(H,16,19)(H,17,18). The Labute approximate surface area is 119 Å². The lowest BCUT2D eigenvalue weighted by molar-refractivity contribution is -0.115. The molecule has 0 aliphatic carbocycles. The summed E-state index contributed by atoms with van der Waals surface area (Å²) in [6, 6.07) is 5.90. The van der Waals surface area contributed by atoms with E-state index in [-0.39, 0.29) is 5.91 Å². The smallest absolute Gasteiger partial charge is 0.228 e. The van der Waals surface area contributed by atoms with Gasteiger partial charge in [0.15, 0.2) is 0 Å². The number of H-pyrrole nitrogens is 1. The van der Waals surface area contributed by atoms with Gasteiger partial charge in [-0.15, -0.1) is 0 Å². The van der Waals surface area contributed by atoms with Gasteiger partial charge in [-0.05, 0) is 40.7 Å². The molecular weight excluding hydrogens is 308 g/mol. The summed E-state index contributed by atoms with van der Waals surface area (Å²) < 4.78 is 0.856. The molecule has 0 bridgehead atoms. The molecule has 2 aromatic rings. The molecule has 3 N–H and O–H groups in total. The molecule has 0 radical (unpaired) electrons. The highest BCUT2D eigenvalue weighted by Crippen LogP contribution is 2.31. The summed E-state index contributed by atoms with van der Waals surface area (Å²) in [5.74, 6) is 0.920. The van der Waals surface area contributed by atoms with Gasteiger partial charge in [-0.1, -0.05) is 6.07 Å². The van der Waals surface area contributed by atoms with Gasteiger partial charge in [-0.25, -0.2) is 4.98 Å². The van der Waals surface area contributed by atoms with Crippen molar-refractivity contribution in [2.24, 2.45) is 0 Å². The van der Waals surface area contributed by atoms with Crippen molar-refractivity contribution >= 4 is 27.5 Å². The molecule has 0 fully saturated rings. The van der Waals surface area contributed by atoms with Crippen molar-refractivity contribution in [2.75, 3.05) is 12.4 Å². The van der Waals surface area contributed by atoms with Crippen LogP contribution in [0.2, 0.25) is 0 Å². The van der Waals surface area contributed by atoms with E-state index in [0.29, 0.717) is 13.0 Å². The summed E-state index contributed by atoms with van der Waals surface area (Å²) in [7, 11) is 1.88. The highest BCUT2D eigenvalue weighted by atomic mass is 79.9. The Hall–Kier alpha value is -1.66. The number of fused-ring (bicyclic) bond motifs is 1. The topological polar surface area (TPSA) is 69.8 Å².